The van der Waals surface area contributed by atoms with Crippen molar-refractivity contribution in [2.75, 3.05) is 13.7 Å². The van der Waals surface area contributed by atoms with Crippen LogP contribution < -0.4 is 9.47 Å². The van der Waals surface area contributed by atoms with Crippen molar-refractivity contribution in [2.45, 2.75) is 32.2 Å². The molecule has 136 valence electrons. The number of imidazole rings is 1. The van der Waals surface area contributed by atoms with Gasteiger partial charge in [0.15, 0.2) is 23.7 Å². The molecule has 1 aromatic carbocycles. The van der Waals surface area contributed by atoms with Crippen LogP contribution in [0, 0.1) is 5.92 Å². The molecule has 0 radical (unpaired) electrons. The van der Waals surface area contributed by atoms with E-state index >= 15 is 0 Å². The van der Waals surface area contributed by atoms with Crippen LogP contribution in [0.3, 0.4) is 0 Å². The number of aromatic nitrogens is 3. The van der Waals surface area contributed by atoms with Crippen molar-refractivity contribution in [3.05, 3.63) is 49.0 Å². The second kappa shape index (κ2) is 7.64. The zero-order valence-electron chi connectivity index (χ0n) is 14.9. The average Bonchev–Trinajstić information content (AvgIpc) is 3.13. The Morgan fingerprint density at radius 3 is 3.00 bits per heavy atom. The number of oxazole rings is 1. The largest absolute Gasteiger partial charge is 0.493 e. The highest BCUT2D eigenvalue weighted by atomic mass is 16.5. The maximum Gasteiger partial charge on any atom is 0.181 e. The molecule has 0 atom stereocenters. The van der Waals surface area contributed by atoms with Gasteiger partial charge in [-0.3, -0.25) is 0 Å². The summed E-state index contributed by atoms with van der Waals surface area (Å²) < 4.78 is 19.4. The van der Waals surface area contributed by atoms with E-state index in [2.05, 4.69) is 9.97 Å². The quantitative estimate of drug-likeness (QED) is 0.545. The molecule has 1 saturated carbocycles. The summed E-state index contributed by atoms with van der Waals surface area (Å²) in [4.78, 5) is 8.48. The maximum atomic E-state index is 6.11. The second-order valence-corrected chi connectivity index (χ2v) is 6.62. The van der Waals surface area contributed by atoms with Gasteiger partial charge in [0, 0.05) is 18.9 Å². The molecule has 0 aliphatic heterocycles. The zero-order valence-corrected chi connectivity index (χ0v) is 14.9. The molecule has 26 heavy (non-hydrogen) atoms. The van der Waals surface area contributed by atoms with E-state index in [0.717, 1.165) is 48.1 Å². The number of rotatable bonds is 9. The summed E-state index contributed by atoms with van der Waals surface area (Å²) in [5.41, 5.74) is 1.91. The number of benzene rings is 1. The Morgan fingerprint density at radius 1 is 1.31 bits per heavy atom. The molecule has 2 aromatic heterocycles. The summed E-state index contributed by atoms with van der Waals surface area (Å²) in [6, 6.07) is 5.87. The SMILES string of the molecule is COc1cccc(-c2ocnc2CC2CC2)c1OCCCn1ccnc1. The number of aryl methyl sites for hydroxylation is 1. The summed E-state index contributed by atoms with van der Waals surface area (Å²) in [5.74, 6) is 2.96. The average molecular weight is 353 g/mol. The van der Waals surface area contributed by atoms with Crippen LogP contribution in [0.15, 0.2) is 47.7 Å². The van der Waals surface area contributed by atoms with Gasteiger partial charge in [-0.2, -0.15) is 0 Å². The lowest BCUT2D eigenvalue weighted by atomic mass is 10.1. The molecule has 1 aliphatic rings. The first-order valence-electron chi connectivity index (χ1n) is 9.03. The molecule has 0 amide bonds. The third-order valence-electron chi connectivity index (χ3n) is 4.63. The topological polar surface area (TPSA) is 62.3 Å². The van der Waals surface area contributed by atoms with Crippen molar-refractivity contribution in [1.82, 2.24) is 14.5 Å². The Balaban J connectivity index is 1.52. The van der Waals surface area contributed by atoms with E-state index in [1.807, 2.05) is 35.3 Å². The fourth-order valence-corrected chi connectivity index (χ4v) is 3.07. The van der Waals surface area contributed by atoms with Crippen molar-refractivity contribution in [3.63, 3.8) is 0 Å². The van der Waals surface area contributed by atoms with Crippen LogP contribution >= 0.6 is 0 Å². The lowest BCUT2D eigenvalue weighted by Crippen LogP contribution is -2.05. The first-order valence-corrected chi connectivity index (χ1v) is 9.03. The van der Waals surface area contributed by atoms with Crippen molar-refractivity contribution >= 4 is 0 Å². The molecular weight excluding hydrogens is 330 g/mol. The van der Waals surface area contributed by atoms with E-state index in [4.69, 9.17) is 13.9 Å². The smallest absolute Gasteiger partial charge is 0.181 e. The predicted molar refractivity (Wildman–Crippen MR) is 97.3 cm³/mol. The third kappa shape index (κ3) is 3.74. The van der Waals surface area contributed by atoms with Crippen LogP contribution in [0.2, 0.25) is 0 Å². The molecule has 0 unspecified atom stereocenters. The molecule has 4 rings (SSSR count). The van der Waals surface area contributed by atoms with E-state index in [-0.39, 0.29) is 0 Å². The molecule has 3 aromatic rings. The molecule has 2 heterocycles. The normalized spacial score (nSPS) is 13.7. The van der Waals surface area contributed by atoms with Gasteiger partial charge in [0.25, 0.3) is 0 Å². The van der Waals surface area contributed by atoms with Gasteiger partial charge in [-0.05, 0) is 43.7 Å². The standard InChI is InChI=1S/C20H23N3O3/c1-24-18-5-2-4-16(19-17(22-14-26-19)12-15-6-7-15)20(18)25-11-3-9-23-10-8-21-13-23/h2,4-5,8,10,13-15H,3,6-7,9,11-12H2,1H3. The van der Waals surface area contributed by atoms with E-state index in [1.54, 1.807) is 13.3 Å². The van der Waals surface area contributed by atoms with Crippen LogP contribution in [0.25, 0.3) is 11.3 Å². The summed E-state index contributed by atoms with van der Waals surface area (Å²) in [5, 5.41) is 0. The molecule has 0 N–H and O–H groups in total. The molecule has 6 heteroatoms. The van der Waals surface area contributed by atoms with Gasteiger partial charge < -0.3 is 18.5 Å². The second-order valence-electron chi connectivity index (χ2n) is 6.62. The summed E-state index contributed by atoms with van der Waals surface area (Å²) in [6.07, 6.45) is 11.5. The highest BCUT2D eigenvalue weighted by molar-refractivity contribution is 5.71. The number of nitrogens with zero attached hydrogens (tertiary/aromatic N) is 3. The van der Waals surface area contributed by atoms with E-state index in [0.29, 0.717) is 12.4 Å². The van der Waals surface area contributed by atoms with Crippen molar-refractivity contribution < 1.29 is 13.9 Å². The van der Waals surface area contributed by atoms with Gasteiger partial charge in [0.2, 0.25) is 0 Å². The molecule has 0 bridgehead atoms. The minimum Gasteiger partial charge on any atom is -0.493 e. The zero-order chi connectivity index (χ0) is 17.8. The van der Waals surface area contributed by atoms with Crippen molar-refractivity contribution in [3.8, 4) is 22.8 Å². The first kappa shape index (κ1) is 16.7. The Bertz CT molecular complexity index is 838. The fourth-order valence-electron chi connectivity index (χ4n) is 3.07. The van der Waals surface area contributed by atoms with E-state index in [9.17, 15) is 0 Å². The Labute approximate surface area is 152 Å². The molecule has 0 spiro atoms. The third-order valence-corrected chi connectivity index (χ3v) is 4.63. The number of para-hydroxylation sites is 1. The monoisotopic (exact) mass is 353 g/mol. The lowest BCUT2D eigenvalue weighted by Gasteiger charge is -2.14. The highest BCUT2D eigenvalue weighted by Gasteiger charge is 2.26. The van der Waals surface area contributed by atoms with Gasteiger partial charge in [-0.25, -0.2) is 9.97 Å². The Hall–Kier alpha value is -2.76. The first-order chi connectivity index (χ1) is 12.8. The lowest BCUT2D eigenvalue weighted by molar-refractivity contribution is 0.283. The van der Waals surface area contributed by atoms with Gasteiger partial charge in [-0.15, -0.1) is 0 Å². The van der Waals surface area contributed by atoms with Gasteiger partial charge >= 0.3 is 0 Å². The minimum atomic E-state index is 0.581. The maximum absolute atomic E-state index is 6.11. The van der Waals surface area contributed by atoms with E-state index in [1.165, 1.54) is 19.2 Å². The van der Waals surface area contributed by atoms with Gasteiger partial charge in [0.05, 0.1) is 31.3 Å². The van der Waals surface area contributed by atoms with Crippen molar-refractivity contribution in [2.24, 2.45) is 5.92 Å². The van der Waals surface area contributed by atoms with Crippen LogP contribution in [-0.4, -0.2) is 28.3 Å². The van der Waals surface area contributed by atoms with E-state index < -0.39 is 0 Å². The Kier molecular flexibility index (Phi) is 4.91. The minimum absolute atomic E-state index is 0.581. The predicted octanol–water partition coefficient (Wildman–Crippen LogP) is 3.97. The number of hydrogen-bond acceptors (Lipinski definition) is 5. The summed E-state index contributed by atoms with van der Waals surface area (Å²) in [7, 11) is 1.66. The number of methoxy groups -OCH3 is 1. The molecule has 6 nitrogen and oxygen atoms in total. The van der Waals surface area contributed by atoms with Gasteiger partial charge in [0.1, 0.15) is 0 Å². The molecule has 1 fully saturated rings. The van der Waals surface area contributed by atoms with Crippen LogP contribution in [0.5, 0.6) is 11.5 Å². The summed E-state index contributed by atoms with van der Waals surface area (Å²) in [6.45, 7) is 1.44. The molecular formula is C20H23N3O3. The molecule has 1 aliphatic carbocycles. The van der Waals surface area contributed by atoms with Gasteiger partial charge in [-0.1, -0.05) is 6.07 Å². The Morgan fingerprint density at radius 2 is 2.23 bits per heavy atom. The van der Waals surface area contributed by atoms with Crippen LogP contribution in [0.1, 0.15) is 25.0 Å². The van der Waals surface area contributed by atoms with Crippen LogP contribution in [0.4, 0.5) is 0 Å². The summed E-state index contributed by atoms with van der Waals surface area (Å²) >= 11 is 0. The number of hydrogen-bond donors (Lipinski definition) is 0. The van der Waals surface area contributed by atoms with Crippen molar-refractivity contribution in [1.29, 1.82) is 0 Å². The molecule has 0 saturated heterocycles. The fraction of sp³-hybridized carbons (Fsp3) is 0.400. The number of ether oxygens (including phenoxy) is 2. The van der Waals surface area contributed by atoms with Crippen LogP contribution in [-0.2, 0) is 13.0 Å². The highest BCUT2D eigenvalue weighted by Crippen LogP contribution is 2.41.